The van der Waals surface area contributed by atoms with Crippen molar-refractivity contribution in [3.8, 4) is 17.6 Å². The second-order valence-electron chi connectivity index (χ2n) is 7.65. The number of ether oxygens (including phenoxy) is 2. The Hall–Kier alpha value is -4.42. The van der Waals surface area contributed by atoms with Crippen LogP contribution in [0.2, 0.25) is 0 Å². The summed E-state index contributed by atoms with van der Waals surface area (Å²) in [6.07, 6.45) is 3.02. The molecule has 1 heterocycles. The number of halogens is 1. The molecule has 0 spiro atoms. The number of nitrogens with zero attached hydrogens (tertiary/aromatic N) is 3. The van der Waals surface area contributed by atoms with Gasteiger partial charge in [-0.25, -0.2) is 9.97 Å². The van der Waals surface area contributed by atoms with Crippen LogP contribution in [0.4, 0.5) is 11.5 Å². The van der Waals surface area contributed by atoms with Gasteiger partial charge in [0, 0.05) is 28.2 Å². The van der Waals surface area contributed by atoms with E-state index in [2.05, 4.69) is 36.5 Å². The van der Waals surface area contributed by atoms with E-state index in [-0.39, 0.29) is 5.57 Å². The zero-order valence-electron chi connectivity index (χ0n) is 19.6. The minimum atomic E-state index is -0.438. The van der Waals surface area contributed by atoms with Crippen molar-refractivity contribution in [2.24, 2.45) is 0 Å². The average molecular weight is 544 g/mol. The van der Waals surface area contributed by atoms with Crippen molar-refractivity contribution in [2.75, 3.05) is 19.5 Å². The first-order chi connectivity index (χ1) is 17.5. The first-order valence-electron chi connectivity index (χ1n) is 10.9. The lowest BCUT2D eigenvalue weighted by atomic mass is 10.1. The van der Waals surface area contributed by atoms with Gasteiger partial charge in [0.2, 0.25) is 0 Å². The van der Waals surface area contributed by atoms with Crippen molar-refractivity contribution in [3.05, 3.63) is 88.2 Å². The maximum Gasteiger partial charge on any atom is 0.262 e. The predicted molar refractivity (Wildman–Crippen MR) is 142 cm³/mol. The Balaban J connectivity index is 1.54. The highest BCUT2D eigenvalue weighted by atomic mass is 79.9. The molecule has 0 aliphatic carbocycles. The van der Waals surface area contributed by atoms with Crippen LogP contribution in [0.3, 0.4) is 0 Å². The molecule has 0 aliphatic heterocycles. The molecule has 0 radical (unpaired) electrons. The first-order valence-corrected chi connectivity index (χ1v) is 11.7. The highest BCUT2D eigenvalue weighted by molar-refractivity contribution is 9.10. The topological polar surface area (TPSA) is 109 Å². The van der Waals surface area contributed by atoms with Crippen molar-refractivity contribution in [2.45, 2.75) is 6.54 Å². The van der Waals surface area contributed by atoms with E-state index in [1.165, 1.54) is 6.33 Å². The van der Waals surface area contributed by atoms with Gasteiger partial charge in [-0.05, 0) is 35.4 Å². The van der Waals surface area contributed by atoms with Crippen LogP contribution >= 0.6 is 15.9 Å². The molecule has 0 saturated carbocycles. The van der Waals surface area contributed by atoms with Crippen molar-refractivity contribution in [1.82, 2.24) is 15.3 Å². The molecule has 0 unspecified atom stereocenters. The fraction of sp³-hybridized carbons (Fsp3) is 0.111. The number of nitriles is 1. The largest absolute Gasteiger partial charge is 0.493 e. The molecule has 3 aromatic carbocycles. The Kier molecular flexibility index (Phi) is 7.78. The lowest BCUT2D eigenvalue weighted by molar-refractivity contribution is -0.117. The van der Waals surface area contributed by atoms with E-state index in [0.29, 0.717) is 39.4 Å². The monoisotopic (exact) mass is 543 g/mol. The molecule has 0 aliphatic rings. The van der Waals surface area contributed by atoms with Crippen LogP contribution in [-0.4, -0.2) is 30.1 Å². The normalized spacial score (nSPS) is 11.0. The van der Waals surface area contributed by atoms with Crippen molar-refractivity contribution in [1.29, 1.82) is 5.26 Å². The molecule has 1 aromatic heterocycles. The quantitative estimate of drug-likeness (QED) is 0.227. The van der Waals surface area contributed by atoms with E-state index < -0.39 is 5.91 Å². The second-order valence-corrected chi connectivity index (χ2v) is 8.50. The van der Waals surface area contributed by atoms with Crippen molar-refractivity contribution in [3.63, 3.8) is 0 Å². The highest BCUT2D eigenvalue weighted by Gasteiger charge is 2.13. The molecule has 0 saturated heterocycles. The van der Waals surface area contributed by atoms with Gasteiger partial charge in [0.25, 0.3) is 5.91 Å². The molecule has 0 atom stereocenters. The van der Waals surface area contributed by atoms with Gasteiger partial charge in [0.05, 0.1) is 19.7 Å². The van der Waals surface area contributed by atoms with Crippen LogP contribution < -0.4 is 20.1 Å². The van der Waals surface area contributed by atoms with Crippen LogP contribution in [0.15, 0.2) is 77.0 Å². The maximum absolute atomic E-state index is 12.5. The van der Waals surface area contributed by atoms with Gasteiger partial charge in [-0.2, -0.15) is 5.26 Å². The minimum Gasteiger partial charge on any atom is -0.493 e. The molecule has 36 heavy (non-hydrogen) atoms. The Bertz CT molecular complexity index is 1480. The second kappa shape index (κ2) is 11.3. The average Bonchev–Trinajstić information content (AvgIpc) is 2.91. The summed E-state index contributed by atoms with van der Waals surface area (Å²) in [5, 5.41) is 16.4. The summed E-state index contributed by atoms with van der Waals surface area (Å²) in [5.74, 6) is 1.30. The molecule has 1 amide bonds. The Labute approximate surface area is 216 Å². The molecular weight excluding hydrogens is 522 g/mol. The smallest absolute Gasteiger partial charge is 0.262 e. The van der Waals surface area contributed by atoms with Crippen LogP contribution in [0.1, 0.15) is 11.1 Å². The van der Waals surface area contributed by atoms with E-state index in [1.54, 1.807) is 32.4 Å². The van der Waals surface area contributed by atoms with Crippen LogP contribution in [0, 0.1) is 11.3 Å². The molecule has 4 aromatic rings. The third-order valence-corrected chi connectivity index (χ3v) is 6.05. The zero-order valence-corrected chi connectivity index (χ0v) is 21.2. The van der Waals surface area contributed by atoms with Gasteiger partial charge in [-0.1, -0.05) is 52.3 Å². The fourth-order valence-corrected chi connectivity index (χ4v) is 4.01. The van der Waals surface area contributed by atoms with Crippen LogP contribution in [0.25, 0.3) is 17.0 Å². The number of carbonyl (C=O) groups excluding carboxylic acids is 1. The van der Waals surface area contributed by atoms with Crippen molar-refractivity contribution >= 4 is 50.3 Å². The number of methoxy groups -OCH3 is 2. The Morgan fingerprint density at radius 2 is 1.81 bits per heavy atom. The van der Waals surface area contributed by atoms with E-state index in [0.717, 1.165) is 16.6 Å². The molecule has 0 bridgehead atoms. The summed E-state index contributed by atoms with van der Waals surface area (Å²) in [6, 6.07) is 20.6. The molecule has 2 N–H and O–H groups in total. The summed E-state index contributed by atoms with van der Waals surface area (Å²) in [7, 11) is 3.14. The molecule has 4 rings (SSSR count). The number of hydrogen-bond donors (Lipinski definition) is 2. The number of fused-ring (bicyclic) bond motifs is 1. The summed E-state index contributed by atoms with van der Waals surface area (Å²) >= 11 is 3.54. The molecule has 8 nitrogen and oxygen atoms in total. The number of benzene rings is 3. The standard InChI is InChI=1S/C27H22BrN5O3/c1-35-24-12-21-23(13-25(24)36-2)31-16-32-26(21)33-20-9-8-18(22(28)11-20)10-19(14-29)27(34)30-15-17-6-4-3-5-7-17/h3-13,16H,15H2,1-2H3,(H,30,34)(H,31,32,33). The van der Waals surface area contributed by atoms with Gasteiger partial charge in [0.15, 0.2) is 11.5 Å². The van der Waals surface area contributed by atoms with Crippen LogP contribution in [-0.2, 0) is 11.3 Å². The predicted octanol–water partition coefficient (Wildman–Crippen LogP) is 5.38. The van der Waals surface area contributed by atoms with E-state index >= 15 is 0 Å². The number of carbonyl (C=O) groups is 1. The SMILES string of the molecule is COc1cc2ncnc(Nc3ccc(C=C(C#N)C(=O)NCc4ccccc4)c(Br)c3)c2cc1OC. The Morgan fingerprint density at radius 1 is 1.06 bits per heavy atom. The van der Waals surface area contributed by atoms with Crippen LogP contribution in [0.5, 0.6) is 11.5 Å². The third-order valence-electron chi connectivity index (χ3n) is 5.36. The number of amides is 1. The fourth-order valence-electron chi connectivity index (χ4n) is 3.52. The highest BCUT2D eigenvalue weighted by Crippen LogP contribution is 2.35. The summed E-state index contributed by atoms with van der Waals surface area (Å²) < 4.78 is 11.5. The molecule has 0 fully saturated rings. The number of anilines is 2. The zero-order chi connectivity index (χ0) is 25.5. The number of hydrogen-bond acceptors (Lipinski definition) is 7. The van der Waals surface area contributed by atoms with Gasteiger partial charge < -0.3 is 20.1 Å². The van der Waals surface area contributed by atoms with Gasteiger partial charge in [-0.3, -0.25) is 4.79 Å². The molecule has 9 heteroatoms. The van der Waals surface area contributed by atoms with Gasteiger partial charge >= 0.3 is 0 Å². The summed E-state index contributed by atoms with van der Waals surface area (Å²) in [6.45, 7) is 0.340. The minimum absolute atomic E-state index is 0.00942. The first kappa shape index (κ1) is 24.7. The Morgan fingerprint density at radius 3 is 2.50 bits per heavy atom. The maximum atomic E-state index is 12.5. The summed E-state index contributed by atoms with van der Waals surface area (Å²) in [4.78, 5) is 21.2. The van der Waals surface area contributed by atoms with E-state index in [4.69, 9.17) is 9.47 Å². The van der Waals surface area contributed by atoms with Gasteiger partial charge in [-0.15, -0.1) is 0 Å². The number of aromatic nitrogens is 2. The lowest BCUT2D eigenvalue weighted by Gasteiger charge is -2.12. The molecular formula is C27H22BrN5O3. The summed E-state index contributed by atoms with van der Waals surface area (Å²) in [5.41, 5.74) is 3.10. The lowest BCUT2D eigenvalue weighted by Crippen LogP contribution is -2.23. The third kappa shape index (κ3) is 5.62. The van der Waals surface area contributed by atoms with Crippen molar-refractivity contribution < 1.29 is 14.3 Å². The molecule has 180 valence electrons. The van der Waals surface area contributed by atoms with E-state index in [9.17, 15) is 10.1 Å². The van der Waals surface area contributed by atoms with E-state index in [1.807, 2.05) is 54.6 Å². The van der Waals surface area contributed by atoms with Gasteiger partial charge in [0.1, 0.15) is 23.8 Å². The number of nitrogens with one attached hydrogen (secondary N) is 2. The number of rotatable bonds is 8.